The lowest BCUT2D eigenvalue weighted by atomic mass is 10.6. The van der Waals surface area contributed by atoms with E-state index in [9.17, 15) is 0 Å². The summed E-state index contributed by atoms with van der Waals surface area (Å²) in [7, 11) is -4.64. The molecule has 110 valence electrons. The zero-order valence-electron chi connectivity index (χ0n) is 11.1. The second-order valence-electron chi connectivity index (χ2n) is 3.55. The Morgan fingerprint density at radius 1 is 0.706 bits per heavy atom. The van der Waals surface area contributed by atoms with Crippen LogP contribution in [-0.2, 0) is 4.57 Å². The first kappa shape index (κ1) is 26.5. The molecule has 3 N–H and O–H groups in total. The zero-order chi connectivity index (χ0) is 15.2. The summed E-state index contributed by atoms with van der Waals surface area (Å²) < 4.78 is 8.88. The van der Waals surface area contributed by atoms with Gasteiger partial charge in [0.1, 0.15) is 0 Å². The van der Waals surface area contributed by atoms with Gasteiger partial charge in [0.2, 0.25) is 0 Å². The van der Waals surface area contributed by atoms with Crippen molar-refractivity contribution in [1.29, 1.82) is 0 Å². The fourth-order valence-corrected chi connectivity index (χ4v) is 0. The molecule has 0 saturated carbocycles. The van der Waals surface area contributed by atoms with E-state index in [1.165, 1.54) is 0 Å². The van der Waals surface area contributed by atoms with Gasteiger partial charge in [0.15, 0.2) is 0 Å². The van der Waals surface area contributed by atoms with Crippen LogP contribution in [0.5, 0.6) is 0 Å². The van der Waals surface area contributed by atoms with Crippen LogP contribution in [0.25, 0.3) is 0 Å². The lowest BCUT2D eigenvalue weighted by Gasteiger charge is -1.82. The Balaban J connectivity index is -0.0000000667. The highest BCUT2D eigenvalue weighted by molar-refractivity contribution is 7.45. The molecule has 0 aliphatic heterocycles. The maximum atomic E-state index is 8.88. The lowest BCUT2D eigenvalue weighted by molar-refractivity contribution is 0.275. The third kappa shape index (κ3) is 3970. The van der Waals surface area contributed by atoms with Crippen LogP contribution in [0.2, 0.25) is 0 Å². The fourth-order valence-electron chi connectivity index (χ4n) is 0. The maximum Gasteiger partial charge on any atom is 0.466 e. The molecule has 0 atom stereocenters. The molecule has 17 heavy (non-hydrogen) atoms. The first-order chi connectivity index (χ1) is 7.20. The molecule has 4 nitrogen and oxygen atoms in total. The molecular formula is C9H24Cl3O4P. The molecule has 8 heteroatoms. The molecular weight excluding hydrogens is 309 g/mol. The minimum Gasteiger partial charge on any atom is -0.303 e. The predicted molar refractivity (Wildman–Crippen MR) is 77.2 cm³/mol. The smallest absolute Gasteiger partial charge is 0.303 e. The highest BCUT2D eigenvalue weighted by atomic mass is 35.5. The van der Waals surface area contributed by atoms with Gasteiger partial charge >= 0.3 is 7.82 Å². The Labute approximate surface area is 120 Å². The van der Waals surface area contributed by atoms with Gasteiger partial charge in [0, 0.05) is 16.1 Å². The van der Waals surface area contributed by atoms with Gasteiger partial charge in [0.05, 0.1) is 0 Å². The van der Waals surface area contributed by atoms with Crippen LogP contribution in [0.1, 0.15) is 41.5 Å². The van der Waals surface area contributed by atoms with Gasteiger partial charge < -0.3 is 14.7 Å². The minimum atomic E-state index is -4.64. The van der Waals surface area contributed by atoms with Crippen molar-refractivity contribution in [3.63, 3.8) is 0 Å². The number of halogens is 3. The van der Waals surface area contributed by atoms with Crippen molar-refractivity contribution in [1.82, 2.24) is 0 Å². The van der Waals surface area contributed by atoms with Crippen LogP contribution in [0.4, 0.5) is 0 Å². The van der Waals surface area contributed by atoms with Crippen LogP contribution in [0.3, 0.4) is 0 Å². The Bertz CT molecular complexity index is 141. The molecule has 0 aromatic heterocycles. The topological polar surface area (TPSA) is 77.8 Å². The molecule has 0 aliphatic carbocycles. The molecule has 0 saturated heterocycles. The molecule has 0 spiro atoms. The summed E-state index contributed by atoms with van der Waals surface area (Å²) in [4.78, 5) is 21.6. The van der Waals surface area contributed by atoms with Crippen molar-refractivity contribution in [3.05, 3.63) is 0 Å². The molecule has 0 unspecified atom stereocenters. The Hall–Kier alpha value is 0.980. The van der Waals surface area contributed by atoms with Gasteiger partial charge in [-0.2, -0.15) is 0 Å². The van der Waals surface area contributed by atoms with Crippen LogP contribution >= 0.6 is 42.6 Å². The van der Waals surface area contributed by atoms with Crippen molar-refractivity contribution < 1.29 is 19.2 Å². The summed E-state index contributed by atoms with van der Waals surface area (Å²) >= 11 is 15.8. The summed E-state index contributed by atoms with van der Waals surface area (Å²) in [6.07, 6.45) is 0. The van der Waals surface area contributed by atoms with E-state index in [2.05, 4.69) is 0 Å². The van der Waals surface area contributed by atoms with E-state index in [0.29, 0.717) is 16.1 Å². The van der Waals surface area contributed by atoms with Crippen molar-refractivity contribution >= 4 is 42.6 Å². The van der Waals surface area contributed by atoms with E-state index >= 15 is 0 Å². The molecule has 0 amide bonds. The lowest BCUT2D eigenvalue weighted by Crippen LogP contribution is -1.70. The minimum absolute atomic E-state index is 0.306. The number of hydrogen-bond donors (Lipinski definition) is 3. The number of rotatable bonds is 0. The zero-order valence-corrected chi connectivity index (χ0v) is 14.2. The summed E-state index contributed by atoms with van der Waals surface area (Å²) in [5.41, 5.74) is 0. The average molecular weight is 334 g/mol. The SMILES string of the molecule is CC(C)Cl.CC(C)Cl.CC(C)Cl.O=P(O)(O)O. The molecule has 0 aliphatic rings. The molecule has 0 aromatic rings. The van der Waals surface area contributed by atoms with E-state index in [-0.39, 0.29) is 0 Å². The van der Waals surface area contributed by atoms with Gasteiger partial charge in [-0.3, -0.25) is 0 Å². The highest BCUT2D eigenvalue weighted by Crippen LogP contribution is 2.25. The van der Waals surface area contributed by atoms with Crippen LogP contribution < -0.4 is 0 Å². The summed E-state index contributed by atoms with van der Waals surface area (Å²) in [6, 6.07) is 0. The highest BCUT2D eigenvalue weighted by Gasteiger charge is 2.00. The standard InChI is InChI=1S/3C3H7Cl.H3O4P/c3*1-3(2)4;1-5(2,3)4/h3*3H,1-2H3;(H3,1,2,3,4). The van der Waals surface area contributed by atoms with Gasteiger partial charge in [0.25, 0.3) is 0 Å². The summed E-state index contributed by atoms with van der Waals surface area (Å²) in [5, 5.41) is 0.917. The van der Waals surface area contributed by atoms with Crippen LogP contribution in [0.15, 0.2) is 0 Å². The van der Waals surface area contributed by atoms with E-state index in [1.807, 2.05) is 41.5 Å². The second kappa shape index (κ2) is 17.0. The van der Waals surface area contributed by atoms with Crippen molar-refractivity contribution in [2.24, 2.45) is 0 Å². The quantitative estimate of drug-likeness (QED) is 0.463. The van der Waals surface area contributed by atoms with Crippen molar-refractivity contribution in [2.75, 3.05) is 0 Å². The number of alkyl halides is 3. The molecule has 0 heterocycles. The predicted octanol–water partition coefficient (Wildman–Crippen LogP) is 3.97. The third-order valence-electron chi connectivity index (χ3n) is 0. The first-order valence-electron chi connectivity index (χ1n) is 4.90. The second-order valence-corrected chi connectivity index (χ2v) is 7.20. The summed E-state index contributed by atoms with van der Waals surface area (Å²) in [5.74, 6) is 0. The largest absolute Gasteiger partial charge is 0.466 e. The van der Waals surface area contributed by atoms with Crippen LogP contribution in [-0.4, -0.2) is 30.8 Å². The number of phosphoric acid groups is 1. The number of hydrogen-bond acceptors (Lipinski definition) is 1. The van der Waals surface area contributed by atoms with Crippen molar-refractivity contribution in [2.45, 2.75) is 57.7 Å². The van der Waals surface area contributed by atoms with Crippen LogP contribution in [0, 0.1) is 0 Å². The van der Waals surface area contributed by atoms with E-state index in [0.717, 1.165) is 0 Å². The van der Waals surface area contributed by atoms with Gasteiger partial charge in [-0.25, -0.2) is 4.57 Å². The molecule has 0 radical (unpaired) electrons. The van der Waals surface area contributed by atoms with E-state index in [1.54, 1.807) is 0 Å². The molecule has 0 aromatic carbocycles. The van der Waals surface area contributed by atoms with Gasteiger partial charge in [-0.05, 0) is 41.5 Å². The molecule has 0 bridgehead atoms. The molecule has 0 rings (SSSR count). The monoisotopic (exact) mass is 332 g/mol. The fraction of sp³-hybridized carbons (Fsp3) is 1.00. The average Bonchev–Trinajstić information content (AvgIpc) is 1.73. The normalized spacial score (nSPS) is 9.82. The van der Waals surface area contributed by atoms with E-state index in [4.69, 9.17) is 54.0 Å². The Kier molecular flexibility index (Phi) is 26.5. The van der Waals surface area contributed by atoms with Crippen molar-refractivity contribution in [3.8, 4) is 0 Å². The molecule has 0 fully saturated rings. The third-order valence-corrected chi connectivity index (χ3v) is 0. The Morgan fingerprint density at radius 2 is 0.706 bits per heavy atom. The van der Waals surface area contributed by atoms with Gasteiger partial charge in [-0.15, -0.1) is 34.8 Å². The first-order valence-corrected chi connectivity index (χ1v) is 7.78. The van der Waals surface area contributed by atoms with E-state index < -0.39 is 7.82 Å². The Morgan fingerprint density at radius 3 is 0.706 bits per heavy atom. The maximum absolute atomic E-state index is 8.88. The summed E-state index contributed by atoms with van der Waals surface area (Å²) in [6.45, 7) is 11.6. The van der Waals surface area contributed by atoms with Gasteiger partial charge in [-0.1, -0.05) is 0 Å².